The molecule has 2 aromatic carbocycles. The number of carbonyl (C=O) groups excluding carboxylic acids is 2. The molecule has 0 aliphatic carbocycles. The summed E-state index contributed by atoms with van der Waals surface area (Å²) in [6, 6.07) is 15.0. The van der Waals surface area contributed by atoms with Crippen LogP contribution in [0.5, 0.6) is 0 Å². The fourth-order valence-electron chi connectivity index (χ4n) is 2.76. The van der Waals surface area contributed by atoms with Crippen molar-refractivity contribution >= 4 is 33.2 Å². The number of hydrogen-bond donors (Lipinski definition) is 1. The first kappa shape index (κ1) is 17.2. The molecule has 0 spiro atoms. The molecule has 0 saturated carbocycles. The minimum atomic E-state index is -3.75. The van der Waals surface area contributed by atoms with E-state index in [1.54, 1.807) is 50.2 Å². The Kier molecular flexibility index (Phi) is 4.12. The standard InChI is InChI=1S/C18H18N2O4S/c1-18(2)12-25(23,24)20(17(18)22)15-10-6-7-13(11-15)16(21)19-14-8-4-3-5-9-14/h3-11H,12H2,1-2H3,(H,19,21). The molecule has 1 aliphatic heterocycles. The lowest BCUT2D eigenvalue weighted by Gasteiger charge is -2.18. The number of sulfonamides is 1. The Bertz CT molecular complexity index is 937. The van der Waals surface area contributed by atoms with Gasteiger partial charge >= 0.3 is 0 Å². The lowest BCUT2D eigenvalue weighted by Crippen LogP contribution is -2.33. The summed E-state index contributed by atoms with van der Waals surface area (Å²) in [4.78, 5) is 24.8. The molecule has 1 heterocycles. The second-order valence-corrected chi connectivity index (χ2v) is 8.40. The molecule has 130 valence electrons. The number of hydrogen-bond acceptors (Lipinski definition) is 4. The summed E-state index contributed by atoms with van der Waals surface area (Å²) in [6.45, 7) is 3.19. The van der Waals surface area contributed by atoms with Crippen molar-refractivity contribution in [2.24, 2.45) is 5.41 Å². The Balaban J connectivity index is 1.92. The molecule has 2 aromatic rings. The molecule has 0 bridgehead atoms. The van der Waals surface area contributed by atoms with Gasteiger partial charge in [-0.3, -0.25) is 9.59 Å². The summed E-state index contributed by atoms with van der Waals surface area (Å²) in [5.74, 6) is -1.12. The van der Waals surface area contributed by atoms with E-state index in [0.29, 0.717) is 5.69 Å². The van der Waals surface area contributed by atoms with Gasteiger partial charge in [0.2, 0.25) is 15.9 Å². The molecule has 6 nitrogen and oxygen atoms in total. The third-order valence-corrected chi connectivity index (χ3v) is 5.98. The summed E-state index contributed by atoms with van der Waals surface area (Å²) < 4.78 is 25.5. The van der Waals surface area contributed by atoms with Gasteiger partial charge in [0.1, 0.15) is 0 Å². The van der Waals surface area contributed by atoms with Gasteiger partial charge in [-0.2, -0.15) is 0 Å². The first-order valence-electron chi connectivity index (χ1n) is 7.75. The predicted octanol–water partition coefficient (Wildman–Crippen LogP) is 2.64. The minimum absolute atomic E-state index is 0.177. The van der Waals surface area contributed by atoms with E-state index in [1.807, 2.05) is 6.07 Å². The van der Waals surface area contributed by atoms with Crippen LogP contribution >= 0.6 is 0 Å². The Morgan fingerprint density at radius 3 is 2.36 bits per heavy atom. The molecule has 1 saturated heterocycles. The van der Waals surface area contributed by atoms with Crippen molar-refractivity contribution in [2.75, 3.05) is 15.4 Å². The van der Waals surface area contributed by atoms with Gasteiger partial charge in [-0.15, -0.1) is 0 Å². The van der Waals surface area contributed by atoms with Crippen LogP contribution in [0.2, 0.25) is 0 Å². The second kappa shape index (κ2) is 6.00. The molecule has 1 N–H and O–H groups in total. The van der Waals surface area contributed by atoms with Gasteiger partial charge in [-0.1, -0.05) is 24.3 Å². The number of rotatable bonds is 3. The monoisotopic (exact) mass is 358 g/mol. The van der Waals surface area contributed by atoms with Crippen LogP contribution in [0.15, 0.2) is 54.6 Å². The molecule has 0 aromatic heterocycles. The quantitative estimate of drug-likeness (QED) is 0.914. The first-order chi connectivity index (χ1) is 11.7. The topological polar surface area (TPSA) is 83.6 Å². The van der Waals surface area contributed by atoms with Crippen LogP contribution in [0.4, 0.5) is 11.4 Å². The highest BCUT2D eigenvalue weighted by molar-refractivity contribution is 7.94. The fourth-order valence-corrected chi connectivity index (χ4v) is 4.86. The molecule has 25 heavy (non-hydrogen) atoms. The third-order valence-electron chi connectivity index (χ3n) is 3.96. The highest BCUT2D eigenvalue weighted by Gasteiger charge is 2.49. The van der Waals surface area contributed by atoms with E-state index in [1.165, 1.54) is 12.1 Å². The summed E-state index contributed by atoms with van der Waals surface area (Å²) in [6.07, 6.45) is 0. The van der Waals surface area contributed by atoms with Crippen molar-refractivity contribution in [3.8, 4) is 0 Å². The molecular formula is C18H18N2O4S. The number of amides is 2. The van der Waals surface area contributed by atoms with Gasteiger partial charge in [0.05, 0.1) is 16.9 Å². The first-order valence-corrected chi connectivity index (χ1v) is 9.35. The molecule has 0 unspecified atom stereocenters. The molecular weight excluding hydrogens is 340 g/mol. The van der Waals surface area contributed by atoms with Crippen LogP contribution in [0.3, 0.4) is 0 Å². The normalized spacial score (nSPS) is 18.2. The van der Waals surface area contributed by atoms with Crippen LogP contribution in [0, 0.1) is 5.41 Å². The summed E-state index contributed by atoms with van der Waals surface area (Å²) >= 11 is 0. The summed E-state index contributed by atoms with van der Waals surface area (Å²) in [5, 5.41) is 2.73. The maximum absolute atomic E-state index is 12.5. The van der Waals surface area contributed by atoms with Gasteiger partial charge in [0.25, 0.3) is 5.91 Å². The van der Waals surface area contributed by atoms with E-state index in [-0.39, 0.29) is 22.9 Å². The molecule has 0 atom stereocenters. The van der Waals surface area contributed by atoms with E-state index < -0.39 is 21.3 Å². The Morgan fingerprint density at radius 1 is 1.08 bits per heavy atom. The van der Waals surface area contributed by atoms with Gasteiger partial charge in [-0.25, -0.2) is 12.7 Å². The average molecular weight is 358 g/mol. The maximum atomic E-state index is 12.5. The molecule has 0 radical (unpaired) electrons. The lowest BCUT2D eigenvalue weighted by molar-refractivity contribution is -0.123. The van der Waals surface area contributed by atoms with E-state index in [4.69, 9.17) is 0 Å². The van der Waals surface area contributed by atoms with Gasteiger partial charge in [0.15, 0.2) is 0 Å². The third kappa shape index (κ3) is 3.28. The SMILES string of the molecule is CC1(C)CS(=O)(=O)N(c2cccc(C(=O)Nc3ccccc3)c2)C1=O. The number of nitrogens with one attached hydrogen (secondary N) is 1. The summed E-state index contributed by atoms with van der Waals surface area (Å²) in [5.41, 5.74) is 0.0930. The fraction of sp³-hybridized carbons (Fsp3) is 0.222. The number of benzene rings is 2. The second-order valence-electron chi connectivity index (χ2n) is 6.58. The van der Waals surface area contributed by atoms with E-state index in [9.17, 15) is 18.0 Å². The number of nitrogens with zero attached hydrogens (tertiary/aromatic N) is 1. The van der Waals surface area contributed by atoms with Gasteiger partial charge < -0.3 is 5.32 Å². The highest BCUT2D eigenvalue weighted by atomic mass is 32.2. The number of para-hydroxylation sites is 1. The van der Waals surface area contributed by atoms with Crippen LogP contribution < -0.4 is 9.62 Å². The zero-order valence-corrected chi connectivity index (χ0v) is 14.7. The Labute approximate surface area is 146 Å². The Hall–Kier alpha value is -2.67. The highest BCUT2D eigenvalue weighted by Crippen LogP contribution is 2.35. The largest absolute Gasteiger partial charge is 0.322 e. The average Bonchev–Trinajstić information content (AvgIpc) is 2.71. The van der Waals surface area contributed by atoms with Crippen LogP contribution in [-0.4, -0.2) is 26.0 Å². The zero-order valence-electron chi connectivity index (χ0n) is 13.9. The number of anilines is 2. The Morgan fingerprint density at radius 2 is 1.76 bits per heavy atom. The smallest absolute Gasteiger partial charge is 0.255 e. The van der Waals surface area contributed by atoms with Crippen molar-refractivity contribution in [1.29, 1.82) is 0 Å². The lowest BCUT2D eigenvalue weighted by atomic mass is 9.95. The molecule has 1 fully saturated rings. The van der Waals surface area contributed by atoms with Crippen LogP contribution in [-0.2, 0) is 14.8 Å². The molecule has 7 heteroatoms. The van der Waals surface area contributed by atoms with Crippen molar-refractivity contribution in [2.45, 2.75) is 13.8 Å². The van der Waals surface area contributed by atoms with E-state index in [0.717, 1.165) is 4.31 Å². The van der Waals surface area contributed by atoms with Crippen LogP contribution in [0.25, 0.3) is 0 Å². The summed E-state index contributed by atoms with van der Waals surface area (Å²) in [7, 11) is -3.75. The van der Waals surface area contributed by atoms with Crippen molar-refractivity contribution in [1.82, 2.24) is 0 Å². The van der Waals surface area contributed by atoms with E-state index >= 15 is 0 Å². The number of carbonyl (C=O) groups is 2. The maximum Gasteiger partial charge on any atom is 0.255 e. The zero-order chi connectivity index (χ0) is 18.2. The predicted molar refractivity (Wildman–Crippen MR) is 95.9 cm³/mol. The minimum Gasteiger partial charge on any atom is -0.322 e. The van der Waals surface area contributed by atoms with Crippen molar-refractivity contribution in [3.05, 3.63) is 60.2 Å². The molecule has 2 amide bonds. The van der Waals surface area contributed by atoms with E-state index in [2.05, 4.69) is 5.32 Å². The van der Waals surface area contributed by atoms with Crippen LogP contribution in [0.1, 0.15) is 24.2 Å². The van der Waals surface area contributed by atoms with Crippen molar-refractivity contribution in [3.63, 3.8) is 0 Å². The van der Waals surface area contributed by atoms with Gasteiger partial charge in [-0.05, 0) is 44.2 Å². The van der Waals surface area contributed by atoms with Crippen molar-refractivity contribution < 1.29 is 18.0 Å². The molecule has 1 aliphatic rings. The molecule has 3 rings (SSSR count). The van der Waals surface area contributed by atoms with Gasteiger partial charge in [0, 0.05) is 11.3 Å².